The molecule has 1 aromatic rings. The zero-order valence-corrected chi connectivity index (χ0v) is 38.8. The number of nitrogens with two attached hydrogens (primary N) is 6. The molecular formula is C38H65N17O12S. The summed E-state index contributed by atoms with van der Waals surface area (Å²) in [4.78, 5) is 144. The molecule has 0 bridgehead atoms. The molecule has 0 aliphatic heterocycles. The number of guanidine groups is 2. The third-order valence-electron chi connectivity index (χ3n) is 9.60. The van der Waals surface area contributed by atoms with Gasteiger partial charge in [0.05, 0.1) is 18.8 Å². The number of thiol groups is 1. The topological polar surface area (TPSA) is 505 Å². The number of aliphatic imine (C=N–C) groups is 2. The van der Waals surface area contributed by atoms with Crippen molar-refractivity contribution in [2.45, 2.75) is 120 Å². The van der Waals surface area contributed by atoms with Crippen LogP contribution in [0.3, 0.4) is 0 Å². The third kappa shape index (κ3) is 22.8. The van der Waals surface area contributed by atoms with Gasteiger partial charge in [-0.15, -0.1) is 0 Å². The molecule has 68 heavy (non-hydrogen) atoms. The summed E-state index contributed by atoms with van der Waals surface area (Å²) in [5.74, 6) is -12.0. The van der Waals surface area contributed by atoms with Crippen LogP contribution in [0.2, 0.25) is 0 Å². The van der Waals surface area contributed by atoms with Gasteiger partial charge in [-0.2, -0.15) is 12.6 Å². The molecule has 0 unspecified atom stereocenters. The van der Waals surface area contributed by atoms with Gasteiger partial charge in [-0.25, -0.2) is 4.98 Å². The van der Waals surface area contributed by atoms with E-state index >= 15 is 0 Å². The average molecular weight is 984 g/mol. The smallest absolute Gasteiger partial charge is 0.325 e. The first-order valence-electron chi connectivity index (χ1n) is 21.2. The van der Waals surface area contributed by atoms with E-state index in [1.807, 2.05) is 0 Å². The standard InChI is InChI=1S/C38H65N17O12S/c1-17(2)28(35(65)49-18(3)36(66)67)55-34(64)25(15-68)54-30(60)21(7-5-11-47-38(43)44)50-33(63)24(13-26(40)56)53-31(61)22(8-9-27(57)58)51-32(62)23(12-19-14-45-16-48-19)52-29(59)20(39)6-4-10-46-37(41)42/h14,16-18,20-25,28,68H,4-13,15,39H2,1-3H3,(H2,40,56)(H,45,48)(H,49,65)(H,50,63)(H,51,62)(H,52,59)(H,53,61)(H,54,60)(H,55,64)(H,57,58)(H,66,67)(H4,41,42,46)(H4,43,44,47)/t18-,20-,21-,22-,23-,24-,25-,28-/m0/s1. The number of carboxylic acid groups (broad SMARTS) is 2. The van der Waals surface area contributed by atoms with E-state index in [9.17, 15) is 58.2 Å². The largest absolute Gasteiger partial charge is 0.481 e. The highest BCUT2D eigenvalue weighted by Crippen LogP contribution is 2.09. The number of aliphatic carboxylic acids is 2. The lowest BCUT2D eigenvalue weighted by Gasteiger charge is -2.28. The van der Waals surface area contributed by atoms with E-state index in [0.717, 1.165) is 0 Å². The Morgan fingerprint density at radius 1 is 0.647 bits per heavy atom. The second-order valence-electron chi connectivity index (χ2n) is 15.7. The lowest BCUT2D eigenvalue weighted by atomic mass is 10.0. The van der Waals surface area contributed by atoms with E-state index in [0.29, 0.717) is 12.1 Å². The van der Waals surface area contributed by atoms with E-state index in [2.05, 4.69) is 69.8 Å². The summed E-state index contributed by atoms with van der Waals surface area (Å²) in [5.41, 5.74) is 33.3. The molecule has 0 aromatic carbocycles. The molecule has 0 saturated heterocycles. The van der Waals surface area contributed by atoms with Gasteiger partial charge in [0.15, 0.2) is 11.9 Å². The summed E-state index contributed by atoms with van der Waals surface area (Å²) >= 11 is 4.15. The Balaban J connectivity index is 3.43. The average Bonchev–Trinajstić information content (AvgIpc) is 3.77. The van der Waals surface area contributed by atoms with Crippen LogP contribution in [0.15, 0.2) is 22.5 Å². The fourth-order valence-electron chi connectivity index (χ4n) is 5.91. The van der Waals surface area contributed by atoms with Crippen molar-refractivity contribution in [2.75, 3.05) is 18.8 Å². The van der Waals surface area contributed by atoms with E-state index < -0.39 is 133 Å². The quantitative estimate of drug-likeness (QED) is 0.0138. The van der Waals surface area contributed by atoms with Crippen LogP contribution in [0, 0.1) is 5.92 Å². The number of primary amides is 1. The Labute approximate surface area is 396 Å². The number of rotatable bonds is 32. The fourth-order valence-corrected chi connectivity index (χ4v) is 6.17. The number of carbonyl (C=O) groups is 10. The lowest BCUT2D eigenvalue weighted by Crippen LogP contribution is -2.61. The maximum absolute atomic E-state index is 13.9. The first-order chi connectivity index (χ1) is 31.9. The molecule has 0 aliphatic rings. The van der Waals surface area contributed by atoms with E-state index in [-0.39, 0.29) is 56.4 Å². The molecule has 0 fully saturated rings. The van der Waals surface area contributed by atoms with Crippen molar-refractivity contribution >= 4 is 83.7 Å². The van der Waals surface area contributed by atoms with Crippen LogP contribution in [0.5, 0.6) is 0 Å². The number of aromatic amines is 1. The molecule has 1 heterocycles. The SMILES string of the molecule is CC(C)[C@H](NC(=O)[C@H](CS)NC(=O)[C@H](CCCN=C(N)N)NC(=O)[C@H](CC(N)=O)NC(=O)[C@H](CCC(=O)O)NC(=O)[C@H](Cc1cnc[nH]1)NC(=O)[C@@H](N)CCCN=C(N)N)C(=O)N[C@@H](C)C(=O)O. The minimum atomic E-state index is -1.85. The molecule has 1 rings (SSSR count). The molecule has 0 radical (unpaired) electrons. The zero-order chi connectivity index (χ0) is 51.7. The summed E-state index contributed by atoms with van der Waals surface area (Å²) < 4.78 is 0. The number of hydrogen-bond acceptors (Lipinski definition) is 15. The highest BCUT2D eigenvalue weighted by atomic mass is 32.1. The number of hydrogen-bond donors (Lipinski definition) is 17. The van der Waals surface area contributed by atoms with Crippen molar-refractivity contribution in [1.29, 1.82) is 0 Å². The second kappa shape index (κ2) is 30.1. The number of aromatic nitrogens is 2. The van der Waals surface area contributed by atoms with Crippen molar-refractivity contribution in [2.24, 2.45) is 50.3 Å². The van der Waals surface area contributed by atoms with Gasteiger partial charge in [-0.05, 0) is 44.9 Å². The van der Waals surface area contributed by atoms with Crippen LogP contribution >= 0.6 is 12.6 Å². The number of carboxylic acids is 2. The summed E-state index contributed by atoms with van der Waals surface area (Å²) in [6.45, 7) is 4.50. The molecule has 29 nitrogen and oxygen atoms in total. The molecule has 380 valence electrons. The van der Waals surface area contributed by atoms with Gasteiger partial charge < -0.3 is 86.8 Å². The molecule has 30 heteroatoms. The number of amides is 8. The van der Waals surface area contributed by atoms with Gasteiger partial charge in [0.25, 0.3) is 0 Å². The van der Waals surface area contributed by atoms with Crippen molar-refractivity contribution in [1.82, 2.24) is 47.2 Å². The van der Waals surface area contributed by atoms with Crippen LogP contribution in [0.1, 0.15) is 71.4 Å². The zero-order valence-electron chi connectivity index (χ0n) is 37.9. The van der Waals surface area contributed by atoms with Crippen LogP contribution in [-0.4, -0.2) is 158 Å². The van der Waals surface area contributed by atoms with E-state index in [1.165, 1.54) is 19.4 Å². The molecular weight excluding hydrogens is 919 g/mol. The molecule has 8 amide bonds. The Hall–Kier alpha value is -7.24. The van der Waals surface area contributed by atoms with Gasteiger partial charge in [0.2, 0.25) is 47.3 Å². The normalized spacial score (nSPS) is 14.4. The molecule has 22 N–H and O–H groups in total. The summed E-state index contributed by atoms with van der Waals surface area (Å²) in [5, 5.41) is 35.4. The summed E-state index contributed by atoms with van der Waals surface area (Å²) in [7, 11) is 0. The Kier molecular flexibility index (Phi) is 26.0. The number of H-pyrrole nitrogens is 1. The Morgan fingerprint density at radius 3 is 1.62 bits per heavy atom. The highest BCUT2D eigenvalue weighted by Gasteiger charge is 2.35. The fraction of sp³-hybridized carbons (Fsp3) is 0.605. The highest BCUT2D eigenvalue weighted by molar-refractivity contribution is 7.80. The predicted molar refractivity (Wildman–Crippen MR) is 246 cm³/mol. The minimum absolute atomic E-state index is 0.0423. The molecule has 0 aliphatic carbocycles. The predicted octanol–water partition coefficient (Wildman–Crippen LogP) is -6.79. The van der Waals surface area contributed by atoms with E-state index in [1.54, 1.807) is 13.8 Å². The lowest BCUT2D eigenvalue weighted by molar-refractivity contribution is -0.142. The number of imidazole rings is 1. The maximum atomic E-state index is 13.9. The first-order valence-corrected chi connectivity index (χ1v) is 21.8. The number of nitrogens with zero attached hydrogens (tertiary/aromatic N) is 3. The molecule has 0 spiro atoms. The van der Waals surface area contributed by atoms with Crippen molar-refractivity contribution < 1.29 is 58.2 Å². The Bertz CT molecular complexity index is 1960. The summed E-state index contributed by atoms with van der Waals surface area (Å²) in [6, 6.07) is -11.6. The molecule has 8 atom stereocenters. The van der Waals surface area contributed by atoms with E-state index in [4.69, 9.17) is 34.4 Å². The number of carbonyl (C=O) groups excluding carboxylic acids is 8. The molecule has 0 saturated carbocycles. The first kappa shape index (κ1) is 58.8. The number of nitrogens with one attached hydrogen (secondary N) is 8. The molecule has 1 aromatic heterocycles. The summed E-state index contributed by atoms with van der Waals surface area (Å²) in [6.07, 6.45) is 0.573. The maximum Gasteiger partial charge on any atom is 0.325 e. The van der Waals surface area contributed by atoms with Crippen LogP contribution in [0.25, 0.3) is 0 Å². The van der Waals surface area contributed by atoms with Crippen molar-refractivity contribution in [3.8, 4) is 0 Å². The van der Waals surface area contributed by atoms with Gasteiger partial charge >= 0.3 is 11.9 Å². The van der Waals surface area contributed by atoms with Gasteiger partial charge in [0.1, 0.15) is 42.3 Å². The van der Waals surface area contributed by atoms with Crippen molar-refractivity contribution in [3.63, 3.8) is 0 Å². The monoisotopic (exact) mass is 983 g/mol. The van der Waals surface area contributed by atoms with Gasteiger partial charge in [-0.1, -0.05) is 13.8 Å². The van der Waals surface area contributed by atoms with Gasteiger partial charge in [0, 0.05) is 43.6 Å². The van der Waals surface area contributed by atoms with Crippen molar-refractivity contribution in [3.05, 3.63) is 18.2 Å². The minimum Gasteiger partial charge on any atom is -0.481 e. The van der Waals surface area contributed by atoms with Crippen LogP contribution < -0.4 is 71.6 Å². The van der Waals surface area contributed by atoms with Crippen LogP contribution in [-0.2, 0) is 54.4 Å². The second-order valence-corrected chi connectivity index (χ2v) is 16.0. The Morgan fingerprint density at radius 2 is 1.13 bits per heavy atom. The van der Waals surface area contributed by atoms with Gasteiger partial charge in [-0.3, -0.25) is 57.9 Å². The third-order valence-corrected chi connectivity index (χ3v) is 9.97. The van der Waals surface area contributed by atoms with Crippen LogP contribution in [0.4, 0.5) is 0 Å².